The zero-order chi connectivity index (χ0) is 21.4. The van der Waals surface area contributed by atoms with Crippen molar-refractivity contribution in [2.24, 2.45) is 5.92 Å². The lowest BCUT2D eigenvalue weighted by atomic mass is 9.87. The fourth-order valence-electron chi connectivity index (χ4n) is 2.87. The number of aryl methyl sites for hydroxylation is 2. The maximum Gasteiger partial charge on any atom is 0.336 e. The third kappa shape index (κ3) is 6.84. The molecule has 0 spiro atoms. The molecule has 0 saturated heterocycles. The van der Waals surface area contributed by atoms with Gasteiger partial charge in [0.2, 0.25) is 0 Å². The molecule has 0 aliphatic rings. The van der Waals surface area contributed by atoms with Crippen LogP contribution in [0, 0.1) is 19.8 Å². The Balaban J connectivity index is 0.000000892. The van der Waals surface area contributed by atoms with E-state index in [4.69, 9.17) is 0 Å². The largest absolute Gasteiger partial charge is 0.478 e. The Morgan fingerprint density at radius 1 is 0.821 bits per heavy atom. The number of benzene rings is 2. The summed E-state index contributed by atoms with van der Waals surface area (Å²) in [7, 11) is 0. The first-order valence-electron chi connectivity index (χ1n) is 9.80. The standard InChI is InChI=1S/C22H24O2.C4H10/c1-14(2)20(22(23)24)21(19-8-6-7-16(4)13-19)17(5)18-11-9-15(3)10-12-18;1-4(2)3/h6-13H,1-5H3,(H,23,24);4H,1-3H3/b21-17+;. The minimum absolute atomic E-state index is 0.374. The summed E-state index contributed by atoms with van der Waals surface area (Å²) < 4.78 is 0. The molecule has 0 bridgehead atoms. The summed E-state index contributed by atoms with van der Waals surface area (Å²) in [6.45, 7) is 16.3. The van der Waals surface area contributed by atoms with Crippen molar-refractivity contribution in [1.29, 1.82) is 0 Å². The van der Waals surface area contributed by atoms with Gasteiger partial charge in [0.1, 0.15) is 0 Å². The molecule has 0 aliphatic heterocycles. The smallest absolute Gasteiger partial charge is 0.336 e. The van der Waals surface area contributed by atoms with Gasteiger partial charge in [-0.2, -0.15) is 0 Å². The van der Waals surface area contributed by atoms with E-state index in [0.29, 0.717) is 5.57 Å². The van der Waals surface area contributed by atoms with Crippen LogP contribution in [-0.4, -0.2) is 11.1 Å². The molecule has 0 unspecified atom stereocenters. The molecular formula is C26H34O2. The first kappa shape index (κ1) is 23.4. The summed E-state index contributed by atoms with van der Waals surface area (Å²) in [5.41, 5.74) is 7.20. The number of rotatable bonds is 4. The van der Waals surface area contributed by atoms with Gasteiger partial charge in [-0.15, -0.1) is 0 Å². The molecule has 1 N–H and O–H groups in total. The summed E-state index contributed by atoms with van der Waals surface area (Å²) in [4.78, 5) is 11.9. The van der Waals surface area contributed by atoms with Gasteiger partial charge in [0.25, 0.3) is 0 Å². The van der Waals surface area contributed by atoms with E-state index in [1.807, 2.05) is 71.0 Å². The van der Waals surface area contributed by atoms with Gasteiger partial charge in [-0.1, -0.05) is 86.0 Å². The molecule has 2 aromatic carbocycles. The fourth-order valence-corrected chi connectivity index (χ4v) is 2.87. The number of carboxylic acid groups (broad SMARTS) is 1. The third-order valence-corrected chi connectivity index (χ3v) is 4.13. The zero-order valence-electron chi connectivity index (χ0n) is 18.6. The molecule has 0 radical (unpaired) electrons. The van der Waals surface area contributed by atoms with Gasteiger partial charge >= 0.3 is 5.97 Å². The van der Waals surface area contributed by atoms with Crippen LogP contribution in [0.3, 0.4) is 0 Å². The summed E-state index contributed by atoms with van der Waals surface area (Å²) in [6, 6.07) is 16.2. The van der Waals surface area contributed by atoms with Crippen LogP contribution in [-0.2, 0) is 4.79 Å². The van der Waals surface area contributed by atoms with Crippen LogP contribution >= 0.6 is 0 Å². The molecular weight excluding hydrogens is 344 g/mol. The van der Waals surface area contributed by atoms with Crippen molar-refractivity contribution in [3.8, 4) is 0 Å². The van der Waals surface area contributed by atoms with Crippen molar-refractivity contribution < 1.29 is 9.90 Å². The number of carbonyl (C=O) groups is 1. The predicted molar refractivity (Wildman–Crippen MR) is 121 cm³/mol. The molecule has 2 heteroatoms. The molecule has 0 aromatic heterocycles. The van der Waals surface area contributed by atoms with Crippen LogP contribution in [0.15, 0.2) is 59.7 Å². The second-order valence-electron chi connectivity index (χ2n) is 8.15. The molecule has 2 nitrogen and oxygen atoms in total. The quantitative estimate of drug-likeness (QED) is 0.344. The van der Waals surface area contributed by atoms with Crippen molar-refractivity contribution in [1.82, 2.24) is 0 Å². The van der Waals surface area contributed by atoms with Crippen LogP contribution in [0.1, 0.15) is 63.8 Å². The number of carboxylic acids is 1. The highest BCUT2D eigenvalue weighted by atomic mass is 16.4. The number of allylic oxidation sites excluding steroid dienone is 2. The molecule has 0 fully saturated rings. The first-order valence-corrected chi connectivity index (χ1v) is 9.80. The van der Waals surface area contributed by atoms with E-state index in [0.717, 1.165) is 39.3 Å². The maximum absolute atomic E-state index is 11.9. The highest BCUT2D eigenvalue weighted by Crippen LogP contribution is 2.34. The highest BCUT2D eigenvalue weighted by Gasteiger charge is 2.20. The average molecular weight is 379 g/mol. The van der Waals surface area contributed by atoms with Gasteiger partial charge in [-0.25, -0.2) is 4.79 Å². The monoisotopic (exact) mass is 378 g/mol. The van der Waals surface area contributed by atoms with Gasteiger partial charge in [0, 0.05) is 0 Å². The normalized spacial score (nSPS) is 11.3. The first-order chi connectivity index (χ1) is 13.0. The Bertz CT molecular complexity index is 859. The highest BCUT2D eigenvalue weighted by molar-refractivity contribution is 6.12. The van der Waals surface area contributed by atoms with Gasteiger partial charge in [-0.3, -0.25) is 0 Å². The lowest BCUT2D eigenvalue weighted by molar-refractivity contribution is -0.132. The third-order valence-electron chi connectivity index (χ3n) is 4.13. The van der Waals surface area contributed by atoms with Gasteiger partial charge < -0.3 is 5.11 Å². The van der Waals surface area contributed by atoms with Crippen molar-refractivity contribution in [2.45, 2.75) is 55.4 Å². The van der Waals surface area contributed by atoms with Crippen LogP contribution < -0.4 is 0 Å². The van der Waals surface area contributed by atoms with Crippen molar-refractivity contribution in [2.75, 3.05) is 0 Å². The number of hydrogen-bond acceptors (Lipinski definition) is 1. The molecule has 0 aliphatic carbocycles. The van der Waals surface area contributed by atoms with Crippen molar-refractivity contribution in [3.63, 3.8) is 0 Å². The lowest BCUT2D eigenvalue weighted by Crippen LogP contribution is -2.07. The second-order valence-corrected chi connectivity index (χ2v) is 8.15. The van der Waals surface area contributed by atoms with E-state index in [-0.39, 0.29) is 0 Å². The molecule has 2 rings (SSSR count). The lowest BCUT2D eigenvalue weighted by Gasteiger charge is -2.16. The summed E-state index contributed by atoms with van der Waals surface area (Å²) >= 11 is 0. The van der Waals surface area contributed by atoms with Gasteiger partial charge in [0.15, 0.2) is 0 Å². The zero-order valence-corrected chi connectivity index (χ0v) is 18.6. The van der Waals surface area contributed by atoms with E-state index < -0.39 is 5.97 Å². The van der Waals surface area contributed by atoms with Gasteiger partial charge in [0.05, 0.1) is 5.57 Å². The van der Waals surface area contributed by atoms with Crippen LogP contribution in [0.25, 0.3) is 11.1 Å². The van der Waals surface area contributed by atoms with Crippen molar-refractivity contribution >= 4 is 17.1 Å². The summed E-state index contributed by atoms with van der Waals surface area (Å²) in [6.07, 6.45) is 0. The maximum atomic E-state index is 11.9. The Morgan fingerprint density at radius 3 is 1.79 bits per heavy atom. The van der Waals surface area contributed by atoms with Gasteiger partial charge in [-0.05, 0) is 62.8 Å². The van der Waals surface area contributed by atoms with E-state index in [1.165, 1.54) is 5.56 Å². The molecule has 2 aromatic rings. The topological polar surface area (TPSA) is 37.3 Å². The average Bonchev–Trinajstić information content (AvgIpc) is 2.58. The molecule has 0 amide bonds. The van der Waals surface area contributed by atoms with E-state index >= 15 is 0 Å². The molecule has 0 atom stereocenters. The second kappa shape index (κ2) is 10.7. The minimum Gasteiger partial charge on any atom is -0.478 e. The summed E-state index contributed by atoms with van der Waals surface area (Å²) in [5, 5.41) is 9.79. The summed E-state index contributed by atoms with van der Waals surface area (Å²) in [5.74, 6) is -0.0574. The Labute approximate surface area is 170 Å². The Morgan fingerprint density at radius 2 is 1.36 bits per heavy atom. The fraction of sp³-hybridized carbons (Fsp3) is 0.346. The number of hydrogen-bond donors (Lipinski definition) is 1. The molecule has 0 heterocycles. The van der Waals surface area contributed by atoms with E-state index in [9.17, 15) is 9.90 Å². The molecule has 150 valence electrons. The minimum atomic E-state index is -0.891. The van der Waals surface area contributed by atoms with Crippen LogP contribution in [0.5, 0.6) is 0 Å². The van der Waals surface area contributed by atoms with Crippen LogP contribution in [0.2, 0.25) is 0 Å². The van der Waals surface area contributed by atoms with E-state index in [2.05, 4.69) is 32.9 Å². The molecule has 0 saturated carbocycles. The number of aliphatic carboxylic acids is 1. The Hall–Kier alpha value is -2.61. The Kier molecular flexibility index (Phi) is 8.91. The predicted octanol–water partition coefficient (Wildman–Crippen LogP) is 7.32. The van der Waals surface area contributed by atoms with E-state index in [1.54, 1.807) is 0 Å². The SMILES string of the molecule is CC(C)=C(C(=O)O)/C(=C(\C)c1ccc(C)cc1)c1cccc(C)c1.CC(C)C. The molecule has 28 heavy (non-hydrogen) atoms. The van der Waals surface area contributed by atoms with Crippen molar-refractivity contribution in [3.05, 3.63) is 81.9 Å². The van der Waals surface area contributed by atoms with Crippen LogP contribution in [0.4, 0.5) is 0 Å².